The lowest BCUT2D eigenvalue weighted by Gasteiger charge is -2.30. The standard InChI is InChI=1S/C18H18N4O3S/c19-13-14-4-6-16(7-5-14)26(24,25)22-11-8-15(9-12-22)18(23)21-17-3-1-2-10-20-17/h1-7,10,15H,8-9,11-12H2,(H,20,21,23). The van der Waals surface area contributed by atoms with Gasteiger partial charge >= 0.3 is 0 Å². The number of hydrogen-bond donors (Lipinski definition) is 1. The summed E-state index contributed by atoms with van der Waals surface area (Å²) in [7, 11) is -3.62. The molecule has 2 heterocycles. The van der Waals surface area contributed by atoms with Gasteiger partial charge in [-0.1, -0.05) is 6.07 Å². The molecule has 1 aliphatic rings. The van der Waals surface area contributed by atoms with Crippen molar-refractivity contribution in [2.24, 2.45) is 5.92 Å². The van der Waals surface area contributed by atoms with E-state index in [9.17, 15) is 13.2 Å². The van der Waals surface area contributed by atoms with E-state index in [2.05, 4.69) is 10.3 Å². The minimum Gasteiger partial charge on any atom is -0.310 e. The quantitative estimate of drug-likeness (QED) is 0.886. The van der Waals surface area contributed by atoms with Gasteiger partial charge in [-0.05, 0) is 49.2 Å². The predicted molar refractivity (Wildman–Crippen MR) is 95.5 cm³/mol. The lowest BCUT2D eigenvalue weighted by atomic mass is 9.97. The summed E-state index contributed by atoms with van der Waals surface area (Å²) < 4.78 is 26.8. The Kier molecular flexibility index (Phi) is 5.30. The van der Waals surface area contributed by atoms with Crippen LogP contribution in [-0.2, 0) is 14.8 Å². The highest BCUT2D eigenvalue weighted by Gasteiger charge is 2.32. The summed E-state index contributed by atoms with van der Waals surface area (Å²) in [4.78, 5) is 16.5. The molecule has 0 bridgehead atoms. The van der Waals surface area contributed by atoms with Crippen LogP contribution in [0.25, 0.3) is 0 Å². The Morgan fingerprint density at radius 2 is 1.85 bits per heavy atom. The van der Waals surface area contributed by atoms with Crippen molar-refractivity contribution in [1.82, 2.24) is 9.29 Å². The SMILES string of the molecule is N#Cc1ccc(S(=O)(=O)N2CCC(C(=O)Nc3ccccn3)CC2)cc1. The number of pyridine rings is 1. The smallest absolute Gasteiger partial charge is 0.243 e. The first-order valence-corrected chi connectivity index (χ1v) is 9.67. The molecular formula is C18H18N4O3S. The van der Waals surface area contributed by atoms with E-state index in [0.29, 0.717) is 24.2 Å². The van der Waals surface area contributed by atoms with Gasteiger partial charge in [0.2, 0.25) is 15.9 Å². The summed E-state index contributed by atoms with van der Waals surface area (Å²) >= 11 is 0. The van der Waals surface area contributed by atoms with Crippen LogP contribution in [0.1, 0.15) is 18.4 Å². The van der Waals surface area contributed by atoms with Crippen LogP contribution in [0.4, 0.5) is 5.82 Å². The fourth-order valence-electron chi connectivity index (χ4n) is 2.87. The third-order valence-corrected chi connectivity index (χ3v) is 6.27. The van der Waals surface area contributed by atoms with Crippen molar-refractivity contribution >= 4 is 21.7 Å². The van der Waals surface area contributed by atoms with E-state index in [0.717, 1.165) is 0 Å². The van der Waals surface area contributed by atoms with E-state index in [4.69, 9.17) is 5.26 Å². The molecule has 7 nitrogen and oxygen atoms in total. The molecule has 1 fully saturated rings. The second-order valence-corrected chi connectivity index (χ2v) is 7.96. The number of nitrogens with zero attached hydrogens (tertiary/aromatic N) is 3. The van der Waals surface area contributed by atoms with Gasteiger partial charge in [0.15, 0.2) is 0 Å². The molecule has 0 saturated carbocycles. The molecule has 8 heteroatoms. The number of hydrogen-bond acceptors (Lipinski definition) is 5. The van der Waals surface area contributed by atoms with Gasteiger partial charge in [0, 0.05) is 25.2 Å². The zero-order chi connectivity index (χ0) is 18.6. The number of carbonyl (C=O) groups excluding carboxylic acids is 1. The van der Waals surface area contributed by atoms with Crippen LogP contribution in [0.3, 0.4) is 0 Å². The van der Waals surface area contributed by atoms with E-state index in [-0.39, 0.29) is 29.8 Å². The summed E-state index contributed by atoms with van der Waals surface area (Å²) in [5.74, 6) is 0.105. The number of nitrogens with one attached hydrogen (secondary N) is 1. The molecular weight excluding hydrogens is 352 g/mol. The maximum atomic E-state index is 12.7. The van der Waals surface area contributed by atoms with Crippen LogP contribution in [0.15, 0.2) is 53.6 Å². The molecule has 3 rings (SSSR count). The van der Waals surface area contributed by atoms with E-state index < -0.39 is 10.0 Å². The average molecular weight is 370 g/mol. The molecule has 0 unspecified atom stereocenters. The van der Waals surface area contributed by atoms with Crippen molar-refractivity contribution in [3.63, 3.8) is 0 Å². The van der Waals surface area contributed by atoms with E-state index in [1.54, 1.807) is 24.4 Å². The molecule has 1 aromatic carbocycles. The lowest BCUT2D eigenvalue weighted by Crippen LogP contribution is -2.41. The summed E-state index contributed by atoms with van der Waals surface area (Å²) in [6.07, 6.45) is 2.50. The van der Waals surface area contributed by atoms with Gasteiger partial charge in [0.05, 0.1) is 16.5 Å². The Bertz CT molecular complexity index is 913. The number of piperidine rings is 1. The van der Waals surface area contributed by atoms with Gasteiger partial charge in [-0.3, -0.25) is 4.79 Å². The number of anilines is 1. The van der Waals surface area contributed by atoms with Crippen molar-refractivity contribution in [3.05, 3.63) is 54.2 Å². The summed E-state index contributed by atoms with van der Waals surface area (Å²) in [6, 6.07) is 13.1. The first kappa shape index (κ1) is 18.0. The molecule has 1 amide bonds. The highest BCUT2D eigenvalue weighted by atomic mass is 32.2. The fraction of sp³-hybridized carbons (Fsp3) is 0.278. The number of aromatic nitrogens is 1. The van der Waals surface area contributed by atoms with Gasteiger partial charge in [0.1, 0.15) is 5.82 Å². The van der Waals surface area contributed by atoms with E-state index in [1.807, 2.05) is 6.07 Å². The van der Waals surface area contributed by atoms with Crippen LogP contribution in [-0.4, -0.2) is 36.7 Å². The van der Waals surface area contributed by atoms with Crippen molar-refractivity contribution < 1.29 is 13.2 Å². The second kappa shape index (κ2) is 7.64. The molecule has 0 atom stereocenters. The Balaban J connectivity index is 1.62. The number of carbonyl (C=O) groups is 1. The molecule has 1 N–H and O–H groups in total. The van der Waals surface area contributed by atoms with Gasteiger partial charge in [0.25, 0.3) is 0 Å². The van der Waals surface area contributed by atoms with E-state index >= 15 is 0 Å². The highest BCUT2D eigenvalue weighted by molar-refractivity contribution is 7.89. The highest BCUT2D eigenvalue weighted by Crippen LogP contribution is 2.24. The zero-order valence-electron chi connectivity index (χ0n) is 14.0. The molecule has 1 aromatic heterocycles. The van der Waals surface area contributed by atoms with Gasteiger partial charge in [-0.15, -0.1) is 0 Å². The lowest BCUT2D eigenvalue weighted by molar-refractivity contribution is -0.120. The molecule has 26 heavy (non-hydrogen) atoms. The van der Waals surface area contributed by atoms with Crippen LogP contribution in [0, 0.1) is 17.2 Å². The third kappa shape index (κ3) is 3.90. The molecule has 0 radical (unpaired) electrons. The largest absolute Gasteiger partial charge is 0.310 e. The zero-order valence-corrected chi connectivity index (χ0v) is 14.8. The third-order valence-electron chi connectivity index (χ3n) is 4.36. The Morgan fingerprint density at radius 1 is 1.15 bits per heavy atom. The molecule has 0 spiro atoms. The maximum Gasteiger partial charge on any atom is 0.243 e. The Morgan fingerprint density at radius 3 is 2.42 bits per heavy atom. The Hall–Kier alpha value is -2.76. The van der Waals surface area contributed by atoms with Crippen LogP contribution in [0.2, 0.25) is 0 Å². The van der Waals surface area contributed by atoms with Crippen molar-refractivity contribution in [2.75, 3.05) is 18.4 Å². The number of amides is 1. The normalized spacial score (nSPS) is 16.0. The minimum atomic E-state index is -3.62. The van der Waals surface area contributed by atoms with Crippen LogP contribution in [0.5, 0.6) is 0 Å². The van der Waals surface area contributed by atoms with Crippen molar-refractivity contribution in [2.45, 2.75) is 17.7 Å². The second-order valence-electron chi connectivity index (χ2n) is 6.02. The topological polar surface area (TPSA) is 103 Å². The number of benzene rings is 1. The van der Waals surface area contributed by atoms with E-state index in [1.165, 1.54) is 28.6 Å². The van der Waals surface area contributed by atoms with Gasteiger partial charge < -0.3 is 5.32 Å². The number of nitriles is 1. The van der Waals surface area contributed by atoms with Crippen molar-refractivity contribution in [1.29, 1.82) is 5.26 Å². The molecule has 0 aliphatic carbocycles. The first-order chi connectivity index (χ1) is 12.5. The molecule has 1 aliphatic heterocycles. The van der Waals surface area contributed by atoms with Crippen molar-refractivity contribution in [3.8, 4) is 6.07 Å². The van der Waals surface area contributed by atoms with Crippen LogP contribution >= 0.6 is 0 Å². The molecule has 2 aromatic rings. The number of sulfonamides is 1. The summed E-state index contributed by atoms with van der Waals surface area (Å²) in [6.45, 7) is 0.561. The monoisotopic (exact) mass is 370 g/mol. The van der Waals surface area contributed by atoms with Gasteiger partial charge in [-0.2, -0.15) is 9.57 Å². The Labute approximate surface area is 152 Å². The fourth-order valence-corrected chi connectivity index (χ4v) is 4.34. The molecule has 134 valence electrons. The first-order valence-electron chi connectivity index (χ1n) is 8.23. The predicted octanol–water partition coefficient (Wildman–Crippen LogP) is 1.99. The number of rotatable bonds is 4. The summed E-state index contributed by atoms with van der Waals surface area (Å²) in [5.41, 5.74) is 0.411. The maximum absolute atomic E-state index is 12.7. The minimum absolute atomic E-state index is 0.140. The molecule has 1 saturated heterocycles. The van der Waals surface area contributed by atoms with Crippen LogP contribution < -0.4 is 5.32 Å². The average Bonchev–Trinajstić information content (AvgIpc) is 2.69. The van der Waals surface area contributed by atoms with Gasteiger partial charge in [-0.25, -0.2) is 13.4 Å². The summed E-state index contributed by atoms with van der Waals surface area (Å²) in [5, 5.41) is 11.6.